The number of hydrogen-bond acceptors (Lipinski definition) is 6. The van der Waals surface area contributed by atoms with Crippen molar-refractivity contribution >= 4 is 37.1 Å². The highest BCUT2D eigenvalue weighted by molar-refractivity contribution is 8.14. The van der Waals surface area contributed by atoms with Crippen molar-refractivity contribution in [3.63, 3.8) is 0 Å². The van der Waals surface area contributed by atoms with Crippen LogP contribution in [0.15, 0.2) is 12.7 Å². The summed E-state index contributed by atoms with van der Waals surface area (Å²) in [4.78, 5) is 38.2. The van der Waals surface area contributed by atoms with E-state index in [0.29, 0.717) is 0 Å². The molecule has 0 spiro atoms. The Labute approximate surface area is 154 Å². The van der Waals surface area contributed by atoms with Gasteiger partial charge in [0.25, 0.3) is 0 Å². The summed E-state index contributed by atoms with van der Waals surface area (Å²) < 4.78 is 11.3. The molecule has 0 aliphatic carbocycles. The molecule has 0 unspecified atom stereocenters. The van der Waals surface area contributed by atoms with Crippen LogP contribution in [-0.2, 0) is 23.5 Å². The van der Waals surface area contributed by atoms with Crippen LogP contribution in [0.1, 0.15) is 27.7 Å². The molecule has 6 nitrogen and oxygen atoms in total. The van der Waals surface area contributed by atoms with Crippen molar-refractivity contribution in [3.05, 3.63) is 12.7 Å². The van der Waals surface area contributed by atoms with Gasteiger partial charge in [0.15, 0.2) is 14.4 Å². The second kappa shape index (κ2) is 6.89. The maximum Gasteiger partial charge on any atom is 0.338 e. The number of nitrogens with zero attached hydrogens (tertiary/aromatic N) is 1. The minimum absolute atomic E-state index is 0.0221. The topological polar surface area (TPSA) is 72.9 Å². The summed E-state index contributed by atoms with van der Waals surface area (Å²) in [6.45, 7) is 16.1. The molecule has 0 aromatic carbocycles. The van der Waals surface area contributed by atoms with Gasteiger partial charge in [-0.1, -0.05) is 45.2 Å². The highest BCUT2D eigenvalue weighted by Crippen LogP contribution is 2.48. The Kier molecular flexibility index (Phi) is 5.56. The molecule has 0 aromatic rings. The third kappa shape index (κ3) is 3.57. The molecule has 0 saturated carbocycles. The zero-order valence-corrected chi connectivity index (χ0v) is 17.5. The van der Waals surface area contributed by atoms with Crippen molar-refractivity contribution < 1.29 is 23.5 Å². The van der Waals surface area contributed by atoms with E-state index in [1.807, 2.05) is 6.92 Å². The molecule has 4 atom stereocenters. The average molecular weight is 386 g/mol. The van der Waals surface area contributed by atoms with Gasteiger partial charge >= 0.3 is 5.97 Å². The lowest BCUT2D eigenvalue weighted by atomic mass is 9.91. The second-order valence-electron chi connectivity index (χ2n) is 8.00. The first-order valence-corrected chi connectivity index (χ1v) is 12.2. The molecular weight excluding hydrogens is 358 g/mol. The number of esters is 1. The van der Waals surface area contributed by atoms with Gasteiger partial charge in [0.05, 0.1) is 12.0 Å². The summed E-state index contributed by atoms with van der Waals surface area (Å²) in [5.41, 5.74) is 0. The van der Waals surface area contributed by atoms with E-state index < -0.39 is 26.2 Å². The van der Waals surface area contributed by atoms with Gasteiger partial charge in [0, 0.05) is 0 Å². The number of rotatable bonds is 6. The minimum Gasteiger partial charge on any atom is -0.460 e. The Balaban J connectivity index is 2.09. The van der Waals surface area contributed by atoms with E-state index >= 15 is 0 Å². The number of thioether (sulfide) groups is 1. The fourth-order valence-corrected chi connectivity index (χ4v) is 5.62. The number of fused-ring (bicyclic) bond motifs is 1. The molecule has 0 radical (unpaired) electrons. The summed E-state index contributed by atoms with van der Waals surface area (Å²) in [7, 11) is -2.03. The Hall–Kier alpha value is -1.12. The van der Waals surface area contributed by atoms with E-state index in [1.165, 1.54) is 11.0 Å². The average Bonchev–Trinajstić information content (AvgIpc) is 2.76. The normalized spacial score (nSPS) is 27.6. The van der Waals surface area contributed by atoms with Gasteiger partial charge < -0.3 is 14.1 Å². The monoisotopic (exact) mass is 385 g/mol. The van der Waals surface area contributed by atoms with E-state index in [9.17, 15) is 14.4 Å². The van der Waals surface area contributed by atoms with E-state index in [2.05, 4.69) is 40.4 Å². The number of carbonyl (C=O) groups is 3. The van der Waals surface area contributed by atoms with E-state index in [4.69, 9.17) is 9.16 Å². The van der Waals surface area contributed by atoms with Crippen LogP contribution in [0.2, 0.25) is 18.1 Å². The van der Waals surface area contributed by atoms with Crippen molar-refractivity contribution in [3.8, 4) is 0 Å². The number of β-lactam (4-membered cyclic amide) rings is 1. The molecule has 2 heterocycles. The van der Waals surface area contributed by atoms with E-state index in [0.717, 1.165) is 11.8 Å². The van der Waals surface area contributed by atoms with Gasteiger partial charge in [-0.2, -0.15) is 0 Å². The standard InChI is InChI=1S/C17H27NO5SSi/c1-8-9-22-15(20)12-16(21)24-14-11(13(19)18(12)14)10(2)23-25(6,7)17(3,4)5/h8,10-12,14H,1,9H2,2-7H3/t10-,11+,12+,14-/m1/s1. The molecule has 1 amide bonds. The van der Waals surface area contributed by atoms with Crippen LogP contribution in [0.25, 0.3) is 0 Å². The van der Waals surface area contributed by atoms with E-state index in [-0.39, 0.29) is 34.1 Å². The SMILES string of the molecule is C=CCOC(=O)[C@H]1C(=O)S[C@@H]2[C@@H]([C@@H](C)O[Si](C)(C)C(C)(C)C)C(=O)N12. The van der Waals surface area contributed by atoms with Crippen LogP contribution in [0.3, 0.4) is 0 Å². The Morgan fingerprint density at radius 3 is 2.52 bits per heavy atom. The minimum atomic E-state index is -2.03. The Bertz CT molecular complexity index is 600. The van der Waals surface area contributed by atoms with Crippen molar-refractivity contribution in [1.82, 2.24) is 4.90 Å². The van der Waals surface area contributed by atoms with E-state index in [1.54, 1.807) is 0 Å². The summed E-state index contributed by atoms with van der Waals surface area (Å²) in [6, 6.07) is -1.14. The quantitative estimate of drug-likeness (QED) is 0.230. The first-order valence-electron chi connectivity index (χ1n) is 8.40. The third-order valence-electron chi connectivity index (χ3n) is 5.22. The molecule has 0 aromatic heterocycles. The van der Waals surface area contributed by atoms with Crippen LogP contribution >= 0.6 is 11.8 Å². The summed E-state index contributed by atoms with van der Waals surface area (Å²) in [5, 5.41) is -0.654. The maximum absolute atomic E-state index is 12.6. The Morgan fingerprint density at radius 1 is 1.40 bits per heavy atom. The summed E-state index contributed by atoms with van der Waals surface area (Å²) in [6.07, 6.45) is 1.13. The fraction of sp³-hybridized carbons (Fsp3) is 0.706. The van der Waals surface area contributed by atoms with Gasteiger partial charge in [-0.05, 0) is 25.1 Å². The van der Waals surface area contributed by atoms with Crippen LogP contribution in [0.4, 0.5) is 0 Å². The lowest BCUT2D eigenvalue weighted by Crippen LogP contribution is -2.65. The van der Waals surface area contributed by atoms with Gasteiger partial charge in [-0.25, -0.2) is 4.79 Å². The van der Waals surface area contributed by atoms with Gasteiger partial charge in [-0.3, -0.25) is 9.59 Å². The largest absolute Gasteiger partial charge is 0.460 e. The second-order valence-corrected chi connectivity index (χ2v) is 13.9. The van der Waals surface area contributed by atoms with Crippen LogP contribution < -0.4 is 0 Å². The molecule has 8 heteroatoms. The smallest absolute Gasteiger partial charge is 0.338 e. The van der Waals surface area contributed by atoms with Crippen molar-refractivity contribution in [2.24, 2.45) is 5.92 Å². The fourth-order valence-electron chi connectivity index (χ4n) is 2.79. The number of hydrogen-bond donors (Lipinski definition) is 0. The van der Waals surface area contributed by atoms with Crippen LogP contribution in [-0.4, -0.2) is 54.3 Å². The molecule has 140 valence electrons. The molecule has 2 aliphatic rings. The molecule has 2 aliphatic heterocycles. The van der Waals surface area contributed by atoms with Crippen molar-refractivity contribution in [2.45, 2.75) is 63.3 Å². The summed E-state index contributed by atoms with van der Waals surface area (Å²) >= 11 is 1.03. The summed E-state index contributed by atoms with van der Waals surface area (Å²) in [5.74, 6) is -1.31. The molecule has 2 rings (SSSR count). The molecule has 2 saturated heterocycles. The molecule has 0 bridgehead atoms. The maximum atomic E-state index is 12.6. The van der Waals surface area contributed by atoms with Crippen molar-refractivity contribution in [1.29, 1.82) is 0 Å². The molecule has 2 fully saturated rings. The van der Waals surface area contributed by atoms with Crippen LogP contribution in [0, 0.1) is 5.92 Å². The third-order valence-corrected chi connectivity index (χ3v) is 11.0. The van der Waals surface area contributed by atoms with Crippen LogP contribution in [0.5, 0.6) is 0 Å². The number of ether oxygens (including phenoxy) is 1. The lowest BCUT2D eigenvalue weighted by Gasteiger charge is -2.48. The molecule has 25 heavy (non-hydrogen) atoms. The van der Waals surface area contributed by atoms with Gasteiger partial charge in [0.1, 0.15) is 12.0 Å². The molecule has 0 N–H and O–H groups in total. The predicted octanol–water partition coefficient (Wildman–Crippen LogP) is 2.55. The van der Waals surface area contributed by atoms with Gasteiger partial charge in [0.2, 0.25) is 11.0 Å². The van der Waals surface area contributed by atoms with Gasteiger partial charge in [-0.15, -0.1) is 0 Å². The van der Waals surface area contributed by atoms with Crippen molar-refractivity contribution in [2.75, 3.05) is 6.61 Å². The number of carbonyl (C=O) groups excluding carboxylic acids is 3. The lowest BCUT2D eigenvalue weighted by molar-refractivity contribution is -0.169. The first kappa shape index (κ1) is 20.2. The predicted molar refractivity (Wildman–Crippen MR) is 99.4 cm³/mol. The highest BCUT2D eigenvalue weighted by atomic mass is 32.2. The Morgan fingerprint density at radius 2 is 2.00 bits per heavy atom. The zero-order valence-electron chi connectivity index (χ0n) is 15.7. The highest BCUT2D eigenvalue weighted by Gasteiger charge is 2.63. The number of amides is 1. The molecular formula is C17H27NO5SSi. The first-order chi connectivity index (χ1) is 11.4. The zero-order chi connectivity index (χ0) is 19.2.